The lowest BCUT2D eigenvalue weighted by molar-refractivity contribution is 0.471. The minimum atomic E-state index is 0.227. The van der Waals surface area contributed by atoms with Gasteiger partial charge in [-0.3, -0.25) is 0 Å². The lowest BCUT2D eigenvalue weighted by atomic mass is 10.2. The molecular formula is C14H11BrN2O. The normalized spacial score (nSPS) is 9.78. The van der Waals surface area contributed by atoms with Gasteiger partial charge in [-0.25, -0.2) is 0 Å². The van der Waals surface area contributed by atoms with Crippen LogP contribution in [-0.2, 0) is 6.54 Å². The number of phenols is 1. The Kier molecular flexibility index (Phi) is 3.85. The first-order valence-corrected chi connectivity index (χ1v) is 6.20. The van der Waals surface area contributed by atoms with E-state index in [1.54, 1.807) is 18.2 Å². The van der Waals surface area contributed by atoms with Crippen LogP contribution in [0.5, 0.6) is 5.75 Å². The Balaban J connectivity index is 2.07. The zero-order valence-corrected chi connectivity index (χ0v) is 11.1. The first-order chi connectivity index (χ1) is 8.69. The zero-order valence-electron chi connectivity index (χ0n) is 9.52. The highest BCUT2D eigenvalue weighted by molar-refractivity contribution is 9.10. The van der Waals surface area contributed by atoms with Crippen molar-refractivity contribution in [2.24, 2.45) is 0 Å². The SMILES string of the molecule is N#Cc1cccc(NCc2ccc(O)c(Br)c2)c1. The molecule has 0 radical (unpaired) electrons. The third kappa shape index (κ3) is 3.02. The molecule has 0 aromatic heterocycles. The van der Waals surface area contributed by atoms with Gasteiger partial charge in [-0.2, -0.15) is 5.26 Å². The lowest BCUT2D eigenvalue weighted by Gasteiger charge is -2.07. The molecule has 0 spiro atoms. The van der Waals surface area contributed by atoms with Crippen LogP contribution in [0.15, 0.2) is 46.9 Å². The number of halogens is 1. The van der Waals surface area contributed by atoms with E-state index < -0.39 is 0 Å². The molecule has 0 bridgehead atoms. The molecule has 0 saturated carbocycles. The number of rotatable bonds is 3. The summed E-state index contributed by atoms with van der Waals surface area (Å²) in [6.07, 6.45) is 0. The Morgan fingerprint density at radius 1 is 1.22 bits per heavy atom. The third-order valence-corrected chi connectivity index (χ3v) is 3.14. The number of nitrogens with one attached hydrogen (secondary N) is 1. The summed E-state index contributed by atoms with van der Waals surface area (Å²) in [5, 5.41) is 21.4. The standard InChI is InChI=1S/C14H11BrN2O/c15-13-7-11(4-5-14(13)18)9-17-12-3-1-2-10(6-12)8-16/h1-7,17-18H,9H2. The van der Waals surface area contributed by atoms with E-state index in [4.69, 9.17) is 5.26 Å². The van der Waals surface area contributed by atoms with Gasteiger partial charge in [0.1, 0.15) is 5.75 Å². The second-order valence-electron chi connectivity index (χ2n) is 3.83. The fraction of sp³-hybridized carbons (Fsp3) is 0.0714. The Labute approximate surface area is 114 Å². The predicted molar refractivity (Wildman–Crippen MR) is 74.3 cm³/mol. The summed E-state index contributed by atoms with van der Waals surface area (Å²) >= 11 is 3.27. The van der Waals surface area contributed by atoms with Gasteiger partial charge >= 0.3 is 0 Å². The largest absolute Gasteiger partial charge is 0.507 e. The maximum Gasteiger partial charge on any atom is 0.129 e. The molecule has 0 aliphatic carbocycles. The van der Waals surface area contributed by atoms with E-state index in [1.807, 2.05) is 24.3 Å². The molecule has 2 aromatic rings. The van der Waals surface area contributed by atoms with E-state index >= 15 is 0 Å². The van der Waals surface area contributed by atoms with Gasteiger partial charge in [0.2, 0.25) is 0 Å². The average molecular weight is 303 g/mol. The number of anilines is 1. The number of hydrogen-bond donors (Lipinski definition) is 2. The first-order valence-electron chi connectivity index (χ1n) is 5.40. The van der Waals surface area contributed by atoms with Crippen LogP contribution in [0.2, 0.25) is 0 Å². The highest BCUT2D eigenvalue weighted by atomic mass is 79.9. The van der Waals surface area contributed by atoms with E-state index in [9.17, 15) is 5.11 Å². The van der Waals surface area contributed by atoms with Crippen LogP contribution < -0.4 is 5.32 Å². The fourth-order valence-corrected chi connectivity index (χ4v) is 1.99. The van der Waals surface area contributed by atoms with Gasteiger partial charge in [0.15, 0.2) is 0 Å². The number of benzene rings is 2. The highest BCUT2D eigenvalue weighted by Gasteiger charge is 2.00. The minimum Gasteiger partial charge on any atom is -0.507 e. The molecule has 0 aliphatic heterocycles. The molecule has 0 amide bonds. The molecule has 18 heavy (non-hydrogen) atoms. The molecule has 0 aliphatic rings. The van der Waals surface area contributed by atoms with Crippen molar-refractivity contribution in [1.29, 1.82) is 5.26 Å². The summed E-state index contributed by atoms with van der Waals surface area (Å²) in [4.78, 5) is 0. The van der Waals surface area contributed by atoms with Gasteiger partial charge in [-0.1, -0.05) is 12.1 Å². The summed E-state index contributed by atoms with van der Waals surface area (Å²) < 4.78 is 0.674. The molecule has 0 heterocycles. The Morgan fingerprint density at radius 2 is 2.06 bits per heavy atom. The summed E-state index contributed by atoms with van der Waals surface area (Å²) in [5.74, 6) is 0.227. The predicted octanol–water partition coefficient (Wildman–Crippen LogP) is 3.64. The van der Waals surface area contributed by atoms with Crippen molar-refractivity contribution in [3.8, 4) is 11.8 Å². The molecule has 0 fully saturated rings. The van der Waals surface area contributed by atoms with Gasteiger partial charge in [-0.05, 0) is 51.8 Å². The maximum atomic E-state index is 9.39. The molecule has 3 nitrogen and oxygen atoms in total. The first kappa shape index (κ1) is 12.5. The van der Waals surface area contributed by atoms with Crippen LogP contribution in [0.1, 0.15) is 11.1 Å². The molecule has 2 rings (SSSR count). The summed E-state index contributed by atoms with van der Waals surface area (Å²) in [6, 6.07) is 14.8. The van der Waals surface area contributed by atoms with Gasteiger partial charge in [0, 0.05) is 12.2 Å². The van der Waals surface area contributed by atoms with E-state index in [1.165, 1.54) is 0 Å². The van der Waals surface area contributed by atoms with Crippen LogP contribution in [0.4, 0.5) is 5.69 Å². The monoisotopic (exact) mass is 302 g/mol. The Hall–Kier alpha value is -1.99. The molecule has 0 saturated heterocycles. The number of aromatic hydroxyl groups is 1. The van der Waals surface area contributed by atoms with E-state index in [0.29, 0.717) is 16.6 Å². The Morgan fingerprint density at radius 3 is 2.78 bits per heavy atom. The van der Waals surface area contributed by atoms with Crippen LogP contribution >= 0.6 is 15.9 Å². The zero-order chi connectivity index (χ0) is 13.0. The van der Waals surface area contributed by atoms with Gasteiger partial charge in [0.25, 0.3) is 0 Å². The van der Waals surface area contributed by atoms with Gasteiger partial charge in [0.05, 0.1) is 16.1 Å². The van der Waals surface area contributed by atoms with E-state index in [0.717, 1.165) is 11.3 Å². The molecule has 90 valence electrons. The average Bonchev–Trinajstić information content (AvgIpc) is 2.40. The van der Waals surface area contributed by atoms with Crippen molar-refractivity contribution in [1.82, 2.24) is 0 Å². The Bertz CT molecular complexity index is 605. The van der Waals surface area contributed by atoms with Gasteiger partial charge in [-0.15, -0.1) is 0 Å². The van der Waals surface area contributed by atoms with Crippen molar-refractivity contribution >= 4 is 21.6 Å². The summed E-state index contributed by atoms with van der Waals surface area (Å²) in [5.41, 5.74) is 2.58. The van der Waals surface area contributed by atoms with Crippen LogP contribution in [0, 0.1) is 11.3 Å². The number of hydrogen-bond acceptors (Lipinski definition) is 3. The van der Waals surface area contributed by atoms with Crippen molar-refractivity contribution in [3.63, 3.8) is 0 Å². The van der Waals surface area contributed by atoms with Crippen molar-refractivity contribution in [3.05, 3.63) is 58.1 Å². The number of nitrogens with zero attached hydrogens (tertiary/aromatic N) is 1. The molecule has 2 N–H and O–H groups in total. The van der Waals surface area contributed by atoms with Crippen LogP contribution in [0.25, 0.3) is 0 Å². The van der Waals surface area contributed by atoms with Crippen molar-refractivity contribution < 1.29 is 5.11 Å². The summed E-state index contributed by atoms with van der Waals surface area (Å²) in [7, 11) is 0. The van der Waals surface area contributed by atoms with Crippen molar-refractivity contribution in [2.45, 2.75) is 6.54 Å². The molecular weight excluding hydrogens is 292 g/mol. The number of nitriles is 1. The second-order valence-corrected chi connectivity index (χ2v) is 4.69. The lowest BCUT2D eigenvalue weighted by Crippen LogP contribution is -1.99. The molecule has 0 atom stereocenters. The fourth-order valence-electron chi connectivity index (χ4n) is 1.56. The molecule has 2 aromatic carbocycles. The quantitative estimate of drug-likeness (QED) is 0.910. The van der Waals surface area contributed by atoms with Gasteiger partial charge < -0.3 is 10.4 Å². The topological polar surface area (TPSA) is 56.0 Å². The second kappa shape index (κ2) is 5.56. The maximum absolute atomic E-state index is 9.39. The highest BCUT2D eigenvalue weighted by Crippen LogP contribution is 2.24. The molecule has 0 unspecified atom stereocenters. The van der Waals surface area contributed by atoms with E-state index in [2.05, 4.69) is 27.3 Å². The van der Waals surface area contributed by atoms with Crippen LogP contribution in [0.3, 0.4) is 0 Å². The smallest absolute Gasteiger partial charge is 0.129 e. The van der Waals surface area contributed by atoms with E-state index in [-0.39, 0.29) is 5.75 Å². The van der Waals surface area contributed by atoms with Crippen LogP contribution in [-0.4, -0.2) is 5.11 Å². The van der Waals surface area contributed by atoms with Crippen molar-refractivity contribution in [2.75, 3.05) is 5.32 Å². The number of phenolic OH excluding ortho intramolecular Hbond substituents is 1. The summed E-state index contributed by atoms with van der Waals surface area (Å²) in [6.45, 7) is 0.633. The third-order valence-electron chi connectivity index (χ3n) is 2.50. The molecule has 4 heteroatoms. The minimum absolute atomic E-state index is 0.227.